The molecule has 0 bridgehead atoms. The second-order valence-electron chi connectivity index (χ2n) is 5.56. The maximum absolute atomic E-state index is 12.2. The molecule has 2 aromatic carbocycles. The maximum Gasteiger partial charge on any atom is 0.339 e. The Labute approximate surface area is 149 Å². The van der Waals surface area contributed by atoms with E-state index in [1.807, 2.05) is 60.7 Å². The van der Waals surface area contributed by atoms with Crippen LogP contribution in [0.15, 0.2) is 66.0 Å². The number of amides is 1. The normalized spacial score (nSPS) is 10.4. The van der Waals surface area contributed by atoms with Gasteiger partial charge in [0.25, 0.3) is 0 Å². The molecule has 25 heavy (non-hydrogen) atoms. The average molecular weight is 351 g/mol. The molecule has 1 heterocycles. The Hall–Kier alpha value is -2.92. The number of benzene rings is 2. The predicted molar refractivity (Wildman–Crippen MR) is 100 cm³/mol. The molecule has 0 atom stereocenters. The fourth-order valence-electron chi connectivity index (χ4n) is 2.58. The van der Waals surface area contributed by atoms with Gasteiger partial charge < -0.3 is 10.4 Å². The lowest BCUT2D eigenvalue weighted by Gasteiger charge is -2.06. The third-order valence-corrected chi connectivity index (χ3v) is 4.72. The highest BCUT2D eigenvalue weighted by molar-refractivity contribution is 7.15. The van der Waals surface area contributed by atoms with Gasteiger partial charge in [-0.2, -0.15) is 0 Å². The molecule has 126 valence electrons. The number of carbonyl (C=O) groups is 2. The Morgan fingerprint density at radius 1 is 0.960 bits per heavy atom. The second-order valence-corrected chi connectivity index (χ2v) is 6.44. The van der Waals surface area contributed by atoms with Crippen LogP contribution in [0.25, 0.3) is 11.1 Å². The number of hydrogen-bond donors (Lipinski definition) is 2. The number of aryl methyl sites for hydroxylation is 1. The molecular formula is C20H17NO3S. The van der Waals surface area contributed by atoms with Crippen LogP contribution < -0.4 is 5.32 Å². The van der Waals surface area contributed by atoms with E-state index < -0.39 is 5.97 Å². The minimum Gasteiger partial charge on any atom is -0.478 e. The van der Waals surface area contributed by atoms with E-state index in [0.717, 1.165) is 11.1 Å². The van der Waals surface area contributed by atoms with Gasteiger partial charge in [-0.1, -0.05) is 60.7 Å². The van der Waals surface area contributed by atoms with E-state index in [1.54, 1.807) is 5.38 Å². The quantitative estimate of drug-likeness (QED) is 0.677. The molecule has 2 N–H and O–H groups in total. The minimum atomic E-state index is -1.04. The van der Waals surface area contributed by atoms with Gasteiger partial charge in [-0.3, -0.25) is 4.79 Å². The Balaban J connectivity index is 1.75. The number of hydrogen-bond acceptors (Lipinski definition) is 3. The van der Waals surface area contributed by atoms with Gasteiger partial charge in [0.2, 0.25) is 5.91 Å². The van der Waals surface area contributed by atoms with Gasteiger partial charge in [0.05, 0.1) is 0 Å². The molecule has 1 aromatic heterocycles. The third-order valence-electron chi connectivity index (χ3n) is 3.83. The molecule has 0 saturated carbocycles. The first-order chi connectivity index (χ1) is 12.1. The van der Waals surface area contributed by atoms with Gasteiger partial charge in [-0.15, -0.1) is 11.3 Å². The SMILES string of the molecule is O=C(CCc1ccccc1)Nc1scc(-c2ccccc2)c1C(=O)O. The molecule has 0 radical (unpaired) electrons. The molecule has 0 fully saturated rings. The summed E-state index contributed by atoms with van der Waals surface area (Å²) >= 11 is 1.24. The van der Waals surface area contributed by atoms with E-state index in [1.165, 1.54) is 11.3 Å². The summed E-state index contributed by atoms with van der Waals surface area (Å²) in [5, 5.41) is 14.5. The Morgan fingerprint density at radius 2 is 1.60 bits per heavy atom. The summed E-state index contributed by atoms with van der Waals surface area (Å²) in [5.74, 6) is -1.23. The first-order valence-corrected chi connectivity index (χ1v) is 8.77. The fraction of sp³-hybridized carbons (Fsp3) is 0.100. The van der Waals surface area contributed by atoms with Gasteiger partial charge in [-0.25, -0.2) is 4.79 Å². The molecule has 4 nitrogen and oxygen atoms in total. The van der Waals surface area contributed by atoms with Crippen LogP contribution in [0.3, 0.4) is 0 Å². The van der Waals surface area contributed by atoms with Crippen LogP contribution in [0.2, 0.25) is 0 Å². The van der Waals surface area contributed by atoms with E-state index in [4.69, 9.17) is 0 Å². The van der Waals surface area contributed by atoms with Gasteiger partial charge in [0, 0.05) is 17.4 Å². The zero-order valence-electron chi connectivity index (χ0n) is 13.4. The van der Waals surface area contributed by atoms with Crippen molar-refractivity contribution in [3.63, 3.8) is 0 Å². The highest BCUT2D eigenvalue weighted by Crippen LogP contribution is 2.35. The van der Waals surface area contributed by atoms with Gasteiger partial charge in [0.15, 0.2) is 0 Å². The van der Waals surface area contributed by atoms with Crippen molar-refractivity contribution in [2.24, 2.45) is 0 Å². The summed E-state index contributed by atoms with van der Waals surface area (Å²) < 4.78 is 0. The van der Waals surface area contributed by atoms with Crippen LogP contribution in [-0.4, -0.2) is 17.0 Å². The smallest absolute Gasteiger partial charge is 0.339 e. The molecule has 0 aliphatic rings. The summed E-state index contributed by atoms with van der Waals surface area (Å²) in [4.78, 5) is 23.9. The summed E-state index contributed by atoms with van der Waals surface area (Å²) in [6.07, 6.45) is 0.924. The van der Waals surface area contributed by atoms with E-state index in [-0.39, 0.29) is 11.5 Å². The topological polar surface area (TPSA) is 66.4 Å². The van der Waals surface area contributed by atoms with Crippen LogP contribution in [-0.2, 0) is 11.2 Å². The number of carboxylic acids is 1. The fourth-order valence-corrected chi connectivity index (χ4v) is 3.56. The molecule has 3 rings (SSSR count). The largest absolute Gasteiger partial charge is 0.478 e. The molecule has 0 saturated heterocycles. The number of anilines is 1. The van der Waals surface area contributed by atoms with E-state index in [9.17, 15) is 14.7 Å². The van der Waals surface area contributed by atoms with Crippen LogP contribution in [0.5, 0.6) is 0 Å². The lowest BCUT2D eigenvalue weighted by molar-refractivity contribution is -0.116. The summed E-state index contributed by atoms with van der Waals surface area (Å²) in [6.45, 7) is 0. The number of carboxylic acid groups (broad SMARTS) is 1. The van der Waals surface area contributed by atoms with Gasteiger partial charge in [-0.05, 0) is 17.5 Å². The highest BCUT2D eigenvalue weighted by Gasteiger charge is 2.20. The molecule has 1 amide bonds. The summed E-state index contributed by atoms with van der Waals surface area (Å²) in [6, 6.07) is 19.0. The van der Waals surface area contributed by atoms with Crippen molar-refractivity contribution in [2.45, 2.75) is 12.8 Å². The number of rotatable bonds is 6. The first kappa shape index (κ1) is 16.9. The summed E-state index contributed by atoms with van der Waals surface area (Å²) in [7, 11) is 0. The van der Waals surface area contributed by atoms with Crippen LogP contribution >= 0.6 is 11.3 Å². The van der Waals surface area contributed by atoms with Crippen molar-refractivity contribution in [1.82, 2.24) is 0 Å². The number of aromatic carboxylic acids is 1. The third kappa shape index (κ3) is 4.14. The lowest BCUT2D eigenvalue weighted by Crippen LogP contribution is -2.14. The molecule has 3 aromatic rings. The van der Waals surface area contributed by atoms with E-state index in [2.05, 4.69) is 5.32 Å². The molecular weight excluding hydrogens is 334 g/mol. The van der Waals surface area contributed by atoms with Crippen molar-refractivity contribution in [2.75, 3.05) is 5.32 Å². The molecule has 5 heteroatoms. The maximum atomic E-state index is 12.2. The number of carbonyl (C=O) groups excluding carboxylic acids is 1. The minimum absolute atomic E-state index is 0.143. The number of nitrogens with one attached hydrogen (secondary N) is 1. The molecule has 0 spiro atoms. The van der Waals surface area contributed by atoms with Crippen LogP contribution in [0.4, 0.5) is 5.00 Å². The van der Waals surface area contributed by atoms with Crippen molar-refractivity contribution in [1.29, 1.82) is 0 Å². The Morgan fingerprint density at radius 3 is 2.24 bits per heavy atom. The zero-order chi connectivity index (χ0) is 17.6. The van der Waals surface area contributed by atoms with Crippen LogP contribution in [0, 0.1) is 0 Å². The van der Waals surface area contributed by atoms with E-state index >= 15 is 0 Å². The summed E-state index contributed by atoms with van der Waals surface area (Å²) in [5.41, 5.74) is 2.66. The molecule has 0 aliphatic carbocycles. The zero-order valence-corrected chi connectivity index (χ0v) is 14.3. The van der Waals surface area contributed by atoms with Crippen molar-refractivity contribution < 1.29 is 14.7 Å². The van der Waals surface area contributed by atoms with E-state index in [0.29, 0.717) is 23.4 Å². The van der Waals surface area contributed by atoms with Gasteiger partial charge >= 0.3 is 5.97 Å². The highest BCUT2D eigenvalue weighted by atomic mass is 32.1. The monoisotopic (exact) mass is 351 g/mol. The first-order valence-electron chi connectivity index (χ1n) is 7.89. The second kappa shape index (κ2) is 7.77. The standard InChI is InChI=1S/C20H17NO3S/c22-17(12-11-14-7-3-1-4-8-14)21-19-18(20(23)24)16(13-25-19)15-9-5-2-6-10-15/h1-10,13H,11-12H2,(H,21,22)(H,23,24). The molecule has 0 unspecified atom stereocenters. The lowest BCUT2D eigenvalue weighted by atomic mass is 10.0. The molecule has 0 aliphatic heterocycles. The number of thiophene rings is 1. The Bertz CT molecular complexity index is 872. The average Bonchev–Trinajstić information content (AvgIpc) is 3.05. The van der Waals surface area contributed by atoms with Gasteiger partial charge in [0.1, 0.15) is 10.6 Å². The Kier molecular flexibility index (Phi) is 5.26. The van der Waals surface area contributed by atoms with Crippen molar-refractivity contribution >= 4 is 28.2 Å². The van der Waals surface area contributed by atoms with Crippen LogP contribution in [0.1, 0.15) is 22.3 Å². The van der Waals surface area contributed by atoms with Crippen molar-refractivity contribution in [3.05, 3.63) is 77.2 Å². The predicted octanol–water partition coefficient (Wildman–Crippen LogP) is 4.68. The van der Waals surface area contributed by atoms with Crippen molar-refractivity contribution in [3.8, 4) is 11.1 Å².